The predicted octanol–water partition coefficient (Wildman–Crippen LogP) is 1.91. The van der Waals surface area contributed by atoms with Crippen molar-refractivity contribution in [2.24, 2.45) is 0 Å². The fourth-order valence-electron chi connectivity index (χ4n) is 1.83. The quantitative estimate of drug-likeness (QED) is 0.746. The molecule has 0 saturated carbocycles. The Kier molecular flexibility index (Phi) is 2.97. The maximum atomic E-state index is 4.42. The first-order chi connectivity index (χ1) is 9.33. The molecule has 0 aliphatic heterocycles. The molecule has 0 spiro atoms. The van der Waals surface area contributed by atoms with Crippen molar-refractivity contribution in [2.45, 2.75) is 13.5 Å². The van der Waals surface area contributed by atoms with Crippen LogP contribution in [0.3, 0.4) is 0 Å². The molecule has 0 unspecified atom stereocenters. The lowest BCUT2D eigenvalue weighted by molar-refractivity contribution is 0.931. The number of rotatable bonds is 4. The van der Waals surface area contributed by atoms with Gasteiger partial charge in [-0.3, -0.25) is 4.57 Å². The second kappa shape index (κ2) is 4.93. The smallest absolute Gasteiger partial charge is 0.138 e. The second-order valence-electron chi connectivity index (χ2n) is 4.18. The Bertz CT molecular complexity index is 638. The molecule has 0 aromatic carbocycles. The zero-order chi connectivity index (χ0) is 13.1. The molecule has 6 heteroatoms. The van der Waals surface area contributed by atoms with Crippen LogP contribution in [0.2, 0.25) is 0 Å². The summed E-state index contributed by atoms with van der Waals surface area (Å²) in [7, 11) is 0. The summed E-state index contributed by atoms with van der Waals surface area (Å²) in [4.78, 5) is 15.6. The van der Waals surface area contributed by atoms with Crippen LogP contribution in [0.15, 0.2) is 43.2 Å². The lowest BCUT2D eigenvalue weighted by Crippen LogP contribution is -2.02. The van der Waals surface area contributed by atoms with Crippen molar-refractivity contribution in [1.29, 1.82) is 0 Å². The summed E-state index contributed by atoms with van der Waals surface area (Å²) in [5.41, 5.74) is 2.01. The van der Waals surface area contributed by atoms with E-state index in [1.54, 1.807) is 18.7 Å². The molecule has 96 valence electrons. The van der Waals surface area contributed by atoms with Gasteiger partial charge in [-0.15, -0.1) is 0 Å². The van der Waals surface area contributed by atoms with Gasteiger partial charge in [0, 0.05) is 18.6 Å². The third-order valence-corrected chi connectivity index (χ3v) is 2.86. The summed E-state index contributed by atoms with van der Waals surface area (Å²) in [5, 5.41) is 3.28. The lowest BCUT2D eigenvalue weighted by atomic mass is 10.3. The number of nitrogens with zero attached hydrogens (tertiary/aromatic N) is 4. The largest absolute Gasteiger partial charge is 0.378 e. The van der Waals surface area contributed by atoms with Crippen molar-refractivity contribution in [1.82, 2.24) is 24.5 Å². The van der Waals surface area contributed by atoms with E-state index in [0.717, 1.165) is 23.0 Å². The van der Waals surface area contributed by atoms with Crippen molar-refractivity contribution < 1.29 is 0 Å². The third-order valence-electron chi connectivity index (χ3n) is 2.86. The number of aryl methyl sites for hydroxylation is 1. The van der Waals surface area contributed by atoms with Gasteiger partial charge in [-0.05, 0) is 19.1 Å². The molecule has 6 nitrogen and oxygen atoms in total. The Morgan fingerprint density at radius 1 is 1.26 bits per heavy atom. The predicted molar refractivity (Wildman–Crippen MR) is 72.0 cm³/mol. The minimum Gasteiger partial charge on any atom is -0.378 e. The van der Waals surface area contributed by atoms with Gasteiger partial charge in [-0.1, -0.05) is 0 Å². The normalized spacial score (nSPS) is 10.6. The highest BCUT2D eigenvalue weighted by Crippen LogP contribution is 2.12. The van der Waals surface area contributed by atoms with Crippen LogP contribution in [0.25, 0.3) is 5.82 Å². The van der Waals surface area contributed by atoms with Gasteiger partial charge in [-0.2, -0.15) is 0 Å². The Labute approximate surface area is 110 Å². The second-order valence-corrected chi connectivity index (χ2v) is 4.18. The van der Waals surface area contributed by atoms with E-state index in [1.165, 1.54) is 0 Å². The average molecular weight is 254 g/mol. The Morgan fingerprint density at radius 2 is 2.21 bits per heavy atom. The third kappa shape index (κ3) is 2.47. The number of nitrogens with one attached hydrogen (secondary N) is 2. The van der Waals surface area contributed by atoms with Crippen LogP contribution >= 0.6 is 0 Å². The number of pyridine rings is 1. The van der Waals surface area contributed by atoms with Gasteiger partial charge in [0.2, 0.25) is 0 Å². The highest BCUT2D eigenvalue weighted by atomic mass is 15.1. The molecule has 0 aliphatic rings. The Hall–Kier alpha value is -2.63. The van der Waals surface area contributed by atoms with Crippen LogP contribution in [0, 0.1) is 6.92 Å². The summed E-state index contributed by atoms with van der Waals surface area (Å²) in [5.74, 6) is 1.78. The maximum Gasteiger partial charge on any atom is 0.138 e. The van der Waals surface area contributed by atoms with Crippen LogP contribution in [-0.4, -0.2) is 24.5 Å². The van der Waals surface area contributed by atoms with Gasteiger partial charge < -0.3 is 10.3 Å². The van der Waals surface area contributed by atoms with Gasteiger partial charge in [-0.25, -0.2) is 15.0 Å². The number of imidazole rings is 2. The van der Waals surface area contributed by atoms with Crippen LogP contribution in [0.4, 0.5) is 5.69 Å². The standard InChI is InChI=1S/C13H14N6/c1-10-15-4-5-19(10)13-3-2-11(7-17-13)16-8-12-6-14-9-18-12/h2-7,9,16H,8H2,1H3,(H,14,18). The van der Waals surface area contributed by atoms with Crippen LogP contribution in [-0.2, 0) is 6.54 Å². The molecule has 3 heterocycles. The monoisotopic (exact) mass is 254 g/mol. The van der Waals surface area contributed by atoms with E-state index in [0.29, 0.717) is 6.54 Å². The highest BCUT2D eigenvalue weighted by molar-refractivity contribution is 5.44. The van der Waals surface area contributed by atoms with E-state index < -0.39 is 0 Å². The van der Waals surface area contributed by atoms with Crippen LogP contribution in [0.1, 0.15) is 11.5 Å². The first-order valence-electron chi connectivity index (χ1n) is 6.00. The van der Waals surface area contributed by atoms with E-state index >= 15 is 0 Å². The average Bonchev–Trinajstić information content (AvgIpc) is 3.08. The van der Waals surface area contributed by atoms with E-state index in [1.807, 2.05) is 36.0 Å². The van der Waals surface area contributed by atoms with Gasteiger partial charge in [0.05, 0.1) is 30.5 Å². The molecule has 2 N–H and O–H groups in total. The van der Waals surface area contributed by atoms with Crippen molar-refractivity contribution in [3.8, 4) is 5.82 Å². The first kappa shape index (κ1) is 11.5. The molecule has 0 amide bonds. The SMILES string of the molecule is Cc1nccn1-c1ccc(NCc2cnc[nH]2)cn1. The molecular weight excluding hydrogens is 240 g/mol. The summed E-state index contributed by atoms with van der Waals surface area (Å²) >= 11 is 0. The van der Waals surface area contributed by atoms with Crippen LogP contribution in [0.5, 0.6) is 0 Å². The number of anilines is 1. The molecule has 19 heavy (non-hydrogen) atoms. The van der Waals surface area contributed by atoms with E-state index in [9.17, 15) is 0 Å². The van der Waals surface area contributed by atoms with Gasteiger partial charge in [0.25, 0.3) is 0 Å². The summed E-state index contributed by atoms with van der Waals surface area (Å²) in [6.45, 7) is 2.65. The van der Waals surface area contributed by atoms with E-state index in [4.69, 9.17) is 0 Å². The van der Waals surface area contributed by atoms with Crippen molar-refractivity contribution >= 4 is 5.69 Å². The number of aromatic nitrogens is 5. The molecule has 0 aliphatic carbocycles. The zero-order valence-electron chi connectivity index (χ0n) is 10.5. The summed E-state index contributed by atoms with van der Waals surface area (Å²) in [6, 6.07) is 3.96. The maximum absolute atomic E-state index is 4.42. The number of aromatic amines is 1. The number of hydrogen-bond acceptors (Lipinski definition) is 4. The zero-order valence-corrected chi connectivity index (χ0v) is 10.5. The minimum atomic E-state index is 0.700. The molecule has 3 rings (SSSR count). The molecule has 0 fully saturated rings. The lowest BCUT2D eigenvalue weighted by Gasteiger charge is -2.07. The molecule has 3 aromatic rings. The van der Waals surface area contributed by atoms with Crippen molar-refractivity contribution in [3.63, 3.8) is 0 Å². The molecule has 3 aromatic heterocycles. The first-order valence-corrected chi connectivity index (χ1v) is 6.00. The van der Waals surface area contributed by atoms with E-state index in [2.05, 4.69) is 25.3 Å². The number of H-pyrrole nitrogens is 1. The van der Waals surface area contributed by atoms with Gasteiger partial charge in [0.1, 0.15) is 11.6 Å². The topological polar surface area (TPSA) is 71.4 Å². The van der Waals surface area contributed by atoms with Crippen molar-refractivity contribution in [2.75, 3.05) is 5.32 Å². The molecule has 0 bridgehead atoms. The fourth-order valence-corrected chi connectivity index (χ4v) is 1.83. The van der Waals surface area contributed by atoms with E-state index in [-0.39, 0.29) is 0 Å². The Morgan fingerprint density at radius 3 is 2.84 bits per heavy atom. The highest BCUT2D eigenvalue weighted by Gasteiger charge is 2.01. The summed E-state index contributed by atoms with van der Waals surface area (Å²) < 4.78 is 1.94. The summed E-state index contributed by atoms with van der Waals surface area (Å²) in [6.07, 6.45) is 8.94. The van der Waals surface area contributed by atoms with Crippen LogP contribution < -0.4 is 5.32 Å². The van der Waals surface area contributed by atoms with Gasteiger partial charge >= 0.3 is 0 Å². The number of hydrogen-bond donors (Lipinski definition) is 2. The van der Waals surface area contributed by atoms with Gasteiger partial charge in [0.15, 0.2) is 0 Å². The van der Waals surface area contributed by atoms with Crippen molar-refractivity contribution in [3.05, 3.63) is 54.8 Å². The molecule has 0 saturated heterocycles. The Balaban J connectivity index is 1.71. The molecular formula is C13H14N6. The molecule has 0 atom stereocenters. The molecule has 0 radical (unpaired) electrons. The minimum absolute atomic E-state index is 0.700. The fraction of sp³-hybridized carbons (Fsp3) is 0.154.